The van der Waals surface area contributed by atoms with Crippen molar-refractivity contribution in [3.63, 3.8) is 0 Å². The van der Waals surface area contributed by atoms with Gasteiger partial charge >= 0.3 is 6.36 Å². The minimum absolute atomic E-state index is 0.238. The number of nitrogens with zero attached hydrogens (tertiary/aromatic N) is 2. The lowest BCUT2D eigenvalue weighted by Crippen LogP contribution is -2.20. The fourth-order valence-electron chi connectivity index (χ4n) is 2.19. The smallest absolute Gasteiger partial charge is 0.406 e. The number of hydroxylamine groups is 1. The van der Waals surface area contributed by atoms with Crippen molar-refractivity contribution < 1.29 is 22.7 Å². The van der Waals surface area contributed by atoms with E-state index in [-0.39, 0.29) is 5.75 Å². The number of ether oxygens (including phenoxy) is 1. The largest absolute Gasteiger partial charge is 0.573 e. The molecule has 1 heterocycles. The van der Waals surface area contributed by atoms with Gasteiger partial charge in [-0.1, -0.05) is 0 Å². The number of hydrogen-bond donors (Lipinski definition) is 1. The van der Waals surface area contributed by atoms with Gasteiger partial charge in [-0.25, -0.2) is 5.48 Å². The molecule has 1 aromatic heterocycles. The van der Waals surface area contributed by atoms with Gasteiger partial charge in [-0.3, -0.25) is 4.99 Å². The van der Waals surface area contributed by atoms with E-state index < -0.39 is 6.36 Å². The Bertz CT molecular complexity index is 708. The number of benzene rings is 1. The Morgan fingerprint density at radius 2 is 1.96 bits per heavy atom. The van der Waals surface area contributed by atoms with Gasteiger partial charge in [0.05, 0.1) is 12.8 Å². The van der Waals surface area contributed by atoms with E-state index >= 15 is 0 Å². The molecule has 0 fully saturated rings. The molecule has 0 atom stereocenters. The molecule has 1 N–H and O–H groups in total. The van der Waals surface area contributed by atoms with Crippen molar-refractivity contribution in [2.45, 2.75) is 19.3 Å². The van der Waals surface area contributed by atoms with Crippen LogP contribution in [0.25, 0.3) is 11.3 Å². The van der Waals surface area contributed by atoms with Crippen LogP contribution in [0.2, 0.25) is 0 Å². The highest BCUT2D eigenvalue weighted by Crippen LogP contribution is 2.26. The predicted octanol–water partition coefficient (Wildman–Crippen LogP) is 3.19. The van der Waals surface area contributed by atoms with Crippen molar-refractivity contribution in [2.75, 3.05) is 20.7 Å². The fourth-order valence-corrected chi connectivity index (χ4v) is 3.09. The molecule has 0 aliphatic heterocycles. The first-order chi connectivity index (χ1) is 11.4. The van der Waals surface area contributed by atoms with Gasteiger partial charge in [-0.05, 0) is 36.2 Å². The molecule has 2 aromatic rings. The van der Waals surface area contributed by atoms with Gasteiger partial charge < -0.3 is 14.1 Å². The lowest BCUT2D eigenvalue weighted by molar-refractivity contribution is -0.274. The Kier molecular flexibility index (Phi) is 6.41. The molecule has 0 saturated heterocycles. The standard InChI is InChI=1S/C15H18F3N3O2S/c1-19-14-21(9-3-8-20-22-2)13(10-24-14)11-4-6-12(7-5-11)23-15(16,17)18/h4-7,10,20H,3,8-9H2,1-2H3. The van der Waals surface area contributed by atoms with E-state index in [1.165, 1.54) is 23.5 Å². The summed E-state index contributed by atoms with van der Waals surface area (Å²) in [5, 5.41) is 1.94. The maximum Gasteiger partial charge on any atom is 0.573 e. The number of halogens is 3. The topological polar surface area (TPSA) is 47.8 Å². The van der Waals surface area contributed by atoms with Gasteiger partial charge in [-0.15, -0.1) is 24.5 Å². The van der Waals surface area contributed by atoms with Crippen LogP contribution >= 0.6 is 11.3 Å². The quantitative estimate of drug-likeness (QED) is 0.609. The molecule has 1 aromatic carbocycles. The summed E-state index contributed by atoms with van der Waals surface area (Å²) >= 11 is 1.48. The SMILES string of the molecule is CN=c1scc(-c2ccc(OC(F)(F)F)cc2)n1CCCNOC. The second-order valence-corrected chi connectivity index (χ2v) is 5.64. The fraction of sp³-hybridized carbons (Fsp3) is 0.400. The summed E-state index contributed by atoms with van der Waals surface area (Å²) in [6.07, 6.45) is -3.87. The molecule has 0 bridgehead atoms. The average molecular weight is 361 g/mol. The number of rotatable bonds is 7. The van der Waals surface area contributed by atoms with Crippen molar-refractivity contribution in [2.24, 2.45) is 4.99 Å². The molecule has 0 aliphatic carbocycles. The van der Waals surface area contributed by atoms with E-state index in [0.717, 1.165) is 22.5 Å². The molecule has 5 nitrogen and oxygen atoms in total. The lowest BCUT2D eigenvalue weighted by Gasteiger charge is -2.11. The molecule has 2 rings (SSSR count). The summed E-state index contributed by atoms with van der Waals surface area (Å²) in [5.74, 6) is -0.238. The molecule has 132 valence electrons. The van der Waals surface area contributed by atoms with Crippen molar-refractivity contribution in [1.29, 1.82) is 0 Å². The van der Waals surface area contributed by atoms with Crippen molar-refractivity contribution >= 4 is 11.3 Å². The molecular weight excluding hydrogens is 343 g/mol. The van der Waals surface area contributed by atoms with Crippen LogP contribution in [-0.2, 0) is 11.4 Å². The van der Waals surface area contributed by atoms with Gasteiger partial charge in [0.2, 0.25) is 0 Å². The van der Waals surface area contributed by atoms with E-state index in [1.54, 1.807) is 26.3 Å². The van der Waals surface area contributed by atoms with Gasteiger partial charge in [0.1, 0.15) is 5.75 Å². The zero-order valence-electron chi connectivity index (χ0n) is 13.3. The third-order valence-electron chi connectivity index (χ3n) is 3.18. The van der Waals surface area contributed by atoms with Crippen LogP contribution in [-0.4, -0.2) is 31.6 Å². The molecule has 0 unspecified atom stereocenters. The Morgan fingerprint density at radius 1 is 1.25 bits per heavy atom. The minimum atomic E-state index is -4.69. The number of aromatic nitrogens is 1. The summed E-state index contributed by atoms with van der Waals surface area (Å²) in [6.45, 7) is 1.39. The number of nitrogens with one attached hydrogen (secondary N) is 1. The molecule has 0 saturated carbocycles. The lowest BCUT2D eigenvalue weighted by atomic mass is 10.1. The third-order valence-corrected chi connectivity index (χ3v) is 4.13. The summed E-state index contributed by atoms with van der Waals surface area (Å²) in [6, 6.07) is 5.82. The van der Waals surface area contributed by atoms with E-state index in [1.807, 2.05) is 9.95 Å². The summed E-state index contributed by atoms with van der Waals surface area (Å²) < 4.78 is 42.6. The first-order valence-corrected chi connectivity index (χ1v) is 8.05. The first-order valence-electron chi connectivity index (χ1n) is 7.18. The predicted molar refractivity (Wildman–Crippen MR) is 85.5 cm³/mol. The van der Waals surface area contributed by atoms with Crippen molar-refractivity contribution in [1.82, 2.24) is 10.0 Å². The maximum atomic E-state index is 12.2. The van der Waals surface area contributed by atoms with E-state index in [9.17, 15) is 13.2 Å². The van der Waals surface area contributed by atoms with E-state index in [4.69, 9.17) is 4.84 Å². The van der Waals surface area contributed by atoms with Crippen LogP contribution < -0.4 is 15.0 Å². The highest BCUT2D eigenvalue weighted by molar-refractivity contribution is 7.07. The van der Waals surface area contributed by atoms with Crippen LogP contribution in [0.4, 0.5) is 13.2 Å². The molecule has 0 spiro atoms. The summed E-state index contributed by atoms with van der Waals surface area (Å²) in [5.41, 5.74) is 4.47. The molecular formula is C15H18F3N3O2S. The molecule has 0 radical (unpaired) electrons. The van der Waals surface area contributed by atoms with Crippen molar-refractivity contribution in [3.05, 3.63) is 34.4 Å². The van der Waals surface area contributed by atoms with Crippen LogP contribution in [0.1, 0.15) is 6.42 Å². The van der Waals surface area contributed by atoms with Gasteiger partial charge in [-0.2, -0.15) is 0 Å². The average Bonchev–Trinajstić information content (AvgIpc) is 2.94. The minimum Gasteiger partial charge on any atom is -0.406 e. The molecule has 24 heavy (non-hydrogen) atoms. The normalized spacial score (nSPS) is 12.6. The number of thiazole rings is 1. The Hall–Kier alpha value is -1.84. The zero-order valence-corrected chi connectivity index (χ0v) is 14.1. The van der Waals surface area contributed by atoms with E-state index in [2.05, 4.69) is 15.2 Å². The summed E-state index contributed by atoms with van der Waals surface area (Å²) in [7, 11) is 3.26. The monoisotopic (exact) mass is 361 g/mol. The van der Waals surface area contributed by atoms with Crippen LogP contribution in [0.15, 0.2) is 34.6 Å². The Labute approximate surface area is 141 Å². The highest BCUT2D eigenvalue weighted by Gasteiger charge is 2.31. The Balaban J connectivity index is 2.20. The molecule has 0 amide bonds. The van der Waals surface area contributed by atoms with E-state index in [0.29, 0.717) is 13.1 Å². The Morgan fingerprint density at radius 3 is 2.54 bits per heavy atom. The van der Waals surface area contributed by atoms with Gasteiger partial charge in [0, 0.05) is 25.5 Å². The number of hydrogen-bond acceptors (Lipinski definition) is 5. The third kappa shape index (κ3) is 5.08. The number of alkyl halides is 3. The van der Waals surface area contributed by atoms with Crippen LogP contribution in [0.5, 0.6) is 5.75 Å². The molecule has 9 heteroatoms. The first kappa shape index (κ1) is 18.5. The maximum absolute atomic E-state index is 12.2. The second kappa shape index (κ2) is 8.32. The zero-order chi connectivity index (χ0) is 17.6. The van der Waals surface area contributed by atoms with Gasteiger partial charge in [0.25, 0.3) is 0 Å². The highest BCUT2D eigenvalue weighted by atomic mass is 32.1. The molecule has 0 aliphatic rings. The second-order valence-electron chi connectivity index (χ2n) is 4.80. The van der Waals surface area contributed by atoms with Gasteiger partial charge in [0.15, 0.2) is 4.80 Å². The summed E-state index contributed by atoms with van der Waals surface area (Å²) in [4.78, 5) is 9.88. The van der Waals surface area contributed by atoms with Crippen LogP contribution in [0.3, 0.4) is 0 Å². The van der Waals surface area contributed by atoms with Crippen molar-refractivity contribution in [3.8, 4) is 17.0 Å². The van der Waals surface area contributed by atoms with Crippen LogP contribution in [0, 0.1) is 0 Å².